The van der Waals surface area contributed by atoms with Crippen molar-refractivity contribution in [1.82, 2.24) is 0 Å². The van der Waals surface area contributed by atoms with Crippen LogP contribution in [0.25, 0.3) is 0 Å². The van der Waals surface area contributed by atoms with Gasteiger partial charge in [0.15, 0.2) is 0 Å². The maximum Gasteiger partial charge on any atom is 0.275 e. The molecule has 2 unspecified atom stereocenters. The van der Waals surface area contributed by atoms with E-state index in [-0.39, 0.29) is 24.1 Å². The molecular formula is C11H15FN2O4. The topological polar surface area (TPSA) is 110 Å². The maximum atomic E-state index is 13.3. The second-order valence-corrected chi connectivity index (χ2v) is 3.99. The Morgan fingerprint density at radius 2 is 2.11 bits per heavy atom. The zero-order valence-corrected chi connectivity index (χ0v) is 9.84. The van der Waals surface area contributed by atoms with Gasteiger partial charge >= 0.3 is 0 Å². The Hall–Kier alpha value is -1.57. The van der Waals surface area contributed by atoms with Crippen molar-refractivity contribution in [3.05, 3.63) is 39.2 Å². The van der Waals surface area contributed by atoms with Gasteiger partial charge in [-0.25, -0.2) is 4.39 Å². The van der Waals surface area contributed by atoms with Gasteiger partial charge in [0.05, 0.1) is 17.1 Å². The van der Waals surface area contributed by atoms with E-state index in [0.29, 0.717) is 0 Å². The molecule has 7 heteroatoms. The molecule has 6 nitrogen and oxygen atoms in total. The average molecular weight is 258 g/mol. The summed E-state index contributed by atoms with van der Waals surface area (Å²) in [7, 11) is 0. The quantitative estimate of drug-likeness (QED) is 0.534. The molecule has 0 aliphatic rings. The van der Waals surface area contributed by atoms with E-state index in [1.165, 1.54) is 6.92 Å². The summed E-state index contributed by atoms with van der Waals surface area (Å²) in [4.78, 5) is 9.99. The minimum atomic E-state index is -1.40. The molecule has 0 aliphatic carbocycles. The van der Waals surface area contributed by atoms with Crippen molar-refractivity contribution in [2.45, 2.75) is 25.6 Å². The lowest BCUT2D eigenvalue weighted by atomic mass is 9.96. The molecule has 0 saturated carbocycles. The Morgan fingerprint density at radius 1 is 1.50 bits per heavy atom. The van der Waals surface area contributed by atoms with E-state index in [1.807, 2.05) is 0 Å². The summed E-state index contributed by atoms with van der Waals surface area (Å²) in [5, 5.41) is 30.1. The fraction of sp³-hybridized carbons (Fsp3) is 0.455. The SMILES string of the molecule is Cc1c(C(O)C(O)CCN)cc(F)cc1[N+](=O)[O-]. The van der Waals surface area contributed by atoms with E-state index in [1.54, 1.807) is 0 Å². The van der Waals surface area contributed by atoms with E-state index < -0.39 is 28.6 Å². The van der Waals surface area contributed by atoms with Gasteiger partial charge in [-0.3, -0.25) is 10.1 Å². The number of hydrogen-bond donors (Lipinski definition) is 3. The van der Waals surface area contributed by atoms with Gasteiger partial charge in [-0.05, 0) is 31.5 Å². The van der Waals surface area contributed by atoms with E-state index in [4.69, 9.17) is 5.73 Å². The molecule has 18 heavy (non-hydrogen) atoms. The van der Waals surface area contributed by atoms with Crippen LogP contribution in [0, 0.1) is 22.9 Å². The van der Waals surface area contributed by atoms with Gasteiger partial charge in [-0.1, -0.05) is 0 Å². The number of hydrogen-bond acceptors (Lipinski definition) is 5. The highest BCUT2D eigenvalue weighted by Crippen LogP contribution is 2.29. The van der Waals surface area contributed by atoms with Gasteiger partial charge in [0.2, 0.25) is 0 Å². The normalized spacial score (nSPS) is 14.3. The molecule has 0 radical (unpaired) electrons. The van der Waals surface area contributed by atoms with Crippen LogP contribution in [0.5, 0.6) is 0 Å². The lowest BCUT2D eigenvalue weighted by molar-refractivity contribution is -0.385. The lowest BCUT2D eigenvalue weighted by Crippen LogP contribution is -2.22. The second kappa shape index (κ2) is 5.85. The Bertz CT molecular complexity index is 453. The van der Waals surface area contributed by atoms with Crippen molar-refractivity contribution in [3.63, 3.8) is 0 Å². The van der Waals surface area contributed by atoms with Crippen LogP contribution < -0.4 is 5.73 Å². The largest absolute Gasteiger partial charge is 0.390 e. The van der Waals surface area contributed by atoms with Gasteiger partial charge in [0, 0.05) is 5.56 Å². The lowest BCUT2D eigenvalue weighted by Gasteiger charge is -2.19. The summed E-state index contributed by atoms with van der Waals surface area (Å²) in [6, 6.07) is 1.76. The van der Waals surface area contributed by atoms with E-state index in [0.717, 1.165) is 12.1 Å². The van der Waals surface area contributed by atoms with Crippen LogP contribution in [-0.4, -0.2) is 27.8 Å². The molecule has 0 saturated heterocycles. The van der Waals surface area contributed by atoms with Crippen molar-refractivity contribution < 1.29 is 19.5 Å². The first-order valence-electron chi connectivity index (χ1n) is 5.39. The molecule has 4 N–H and O–H groups in total. The van der Waals surface area contributed by atoms with Gasteiger partial charge in [0.1, 0.15) is 11.9 Å². The average Bonchev–Trinajstić information content (AvgIpc) is 2.30. The third-order valence-corrected chi connectivity index (χ3v) is 2.73. The molecule has 2 atom stereocenters. The Balaban J connectivity index is 3.19. The fourth-order valence-corrected chi connectivity index (χ4v) is 1.72. The molecular weight excluding hydrogens is 243 g/mol. The molecule has 1 rings (SSSR count). The van der Waals surface area contributed by atoms with Crippen LogP contribution in [0.15, 0.2) is 12.1 Å². The third kappa shape index (κ3) is 3.00. The summed E-state index contributed by atoms with van der Waals surface area (Å²) < 4.78 is 13.3. The predicted molar refractivity (Wildman–Crippen MR) is 62.4 cm³/mol. The molecule has 100 valence electrons. The molecule has 1 aromatic rings. The van der Waals surface area contributed by atoms with Crippen LogP contribution >= 0.6 is 0 Å². The minimum absolute atomic E-state index is 0.00245. The van der Waals surface area contributed by atoms with Crippen LogP contribution in [0.1, 0.15) is 23.7 Å². The summed E-state index contributed by atoms with van der Waals surface area (Å²) >= 11 is 0. The molecule has 0 aromatic heterocycles. The number of nitrogens with zero attached hydrogens (tertiary/aromatic N) is 1. The molecule has 0 heterocycles. The third-order valence-electron chi connectivity index (χ3n) is 2.73. The number of halogens is 1. The van der Waals surface area contributed by atoms with E-state index in [9.17, 15) is 24.7 Å². The Labute approximate surface area is 103 Å². The zero-order chi connectivity index (χ0) is 13.9. The van der Waals surface area contributed by atoms with Crippen LogP contribution in [-0.2, 0) is 0 Å². The van der Waals surface area contributed by atoms with Crippen LogP contribution in [0.3, 0.4) is 0 Å². The first-order chi connectivity index (χ1) is 8.38. The Kier molecular flexibility index (Phi) is 4.71. The van der Waals surface area contributed by atoms with Crippen molar-refractivity contribution in [2.75, 3.05) is 6.54 Å². The van der Waals surface area contributed by atoms with E-state index >= 15 is 0 Å². The Morgan fingerprint density at radius 3 is 2.61 bits per heavy atom. The summed E-state index contributed by atoms with van der Waals surface area (Å²) in [6.45, 7) is 1.54. The molecule has 0 bridgehead atoms. The minimum Gasteiger partial charge on any atom is -0.390 e. The zero-order valence-electron chi connectivity index (χ0n) is 9.84. The summed E-state index contributed by atoms with van der Waals surface area (Å²) in [6.07, 6.45) is -2.47. The number of nitro benzene ring substituents is 1. The molecule has 0 fully saturated rings. The van der Waals surface area contributed by atoms with Gasteiger partial charge < -0.3 is 15.9 Å². The molecule has 0 aliphatic heterocycles. The molecule has 0 amide bonds. The maximum absolute atomic E-state index is 13.3. The highest BCUT2D eigenvalue weighted by atomic mass is 19.1. The van der Waals surface area contributed by atoms with Gasteiger partial charge in [0.25, 0.3) is 5.69 Å². The predicted octanol–water partition coefficient (Wildman–Crippen LogP) is 0.785. The molecule has 1 aromatic carbocycles. The first-order valence-corrected chi connectivity index (χ1v) is 5.39. The highest BCUT2D eigenvalue weighted by molar-refractivity contribution is 5.46. The van der Waals surface area contributed by atoms with Gasteiger partial charge in [-0.2, -0.15) is 0 Å². The van der Waals surface area contributed by atoms with Crippen molar-refractivity contribution in [3.8, 4) is 0 Å². The smallest absolute Gasteiger partial charge is 0.275 e. The van der Waals surface area contributed by atoms with Crippen molar-refractivity contribution in [2.24, 2.45) is 5.73 Å². The van der Waals surface area contributed by atoms with Crippen molar-refractivity contribution in [1.29, 1.82) is 0 Å². The van der Waals surface area contributed by atoms with Gasteiger partial charge in [-0.15, -0.1) is 0 Å². The second-order valence-electron chi connectivity index (χ2n) is 3.99. The number of nitrogens with two attached hydrogens (primary N) is 1. The monoisotopic (exact) mass is 258 g/mol. The summed E-state index contributed by atoms with van der Waals surface area (Å²) in [5.41, 5.74) is 4.94. The molecule has 0 spiro atoms. The number of aliphatic hydroxyl groups excluding tert-OH is 2. The van der Waals surface area contributed by atoms with Crippen molar-refractivity contribution >= 4 is 5.69 Å². The fourth-order valence-electron chi connectivity index (χ4n) is 1.72. The van der Waals surface area contributed by atoms with E-state index in [2.05, 4.69) is 0 Å². The standard InChI is InChI=1S/C11H15FN2O4/c1-6-8(11(16)10(15)2-3-13)4-7(12)5-9(6)14(17)18/h4-5,10-11,15-16H,2-3,13H2,1H3. The van der Waals surface area contributed by atoms with Crippen LogP contribution in [0.4, 0.5) is 10.1 Å². The van der Waals surface area contributed by atoms with Crippen LogP contribution in [0.2, 0.25) is 0 Å². The number of nitro groups is 1. The number of benzene rings is 1. The highest BCUT2D eigenvalue weighted by Gasteiger charge is 2.25. The first kappa shape index (κ1) is 14.5. The number of rotatable bonds is 5. The summed E-state index contributed by atoms with van der Waals surface area (Å²) in [5.74, 6) is -0.832. The number of aliphatic hydroxyl groups is 2.